The molecule has 0 aromatic heterocycles. The van der Waals surface area contributed by atoms with Crippen LogP contribution in [0.1, 0.15) is 64.4 Å². The number of hydrogen-bond acceptors (Lipinski definition) is 5. The molecular weight excluding hydrogens is 492 g/mol. The minimum absolute atomic E-state index is 0.00471. The number of benzene rings is 1. The van der Waals surface area contributed by atoms with E-state index in [1.54, 1.807) is 24.8 Å². The average Bonchev–Trinajstić information content (AvgIpc) is 2.92. The van der Waals surface area contributed by atoms with Crippen LogP contribution in [0.25, 0.3) is 0 Å². The summed E-state index contributed by atoms with van der Waals surface area (Å²) in [6.07, 6.45) is 3.18. The first-order valence-corrected chi connectivity index (χ1v) is 13.5. The smallest absolute Gasteiger partial charge is 0.245 e. The molecule has 1 saturated carbocycles. The molecule has 210 valence electrons. The van der Waals surface area contributed by atoms with E-state index < -0.39 is 29.7 Å². The first-order valence-electron chi connectivity index (χ1n) is 13.5. The Morgan fingerprint density at radius 2 is 1.89 bits per heavy atom. The quantitative estimate of drug-likeness (QED) is 0.475. The number of allylic oxidation sites excluding steroid dienone is 1. The Balaban J connectivity index is 1.71. The van der Waals surface area contributed by atoms with Crippen molar-refractivity contribution in [3.63, 3.8) is 0 Å². The molecule has 38 heavy (non-hydrogen) atoms. The van der Waals surface area contributed by atoms with Crippen LogP contribution in [-0.2, 0) is 14.4 Å². The van der Waals surface area contributed by atoms with Crippen LogP contribution in [0.5, 0.6) is 0 Å². The van der Waals surface area contributed by atoms with Gasteiger partial charge in [-0.05, 0) is 68.8 Å². The summed E-state index contributed by atoms with van der Waals surface area (Å²) >= 11 is 0. The van der Waals surface area contributed by atoms with E-state index in [9.17, 15) is 18.8 Å². The van der Waals surface area contributed by atoms with Gasteiger partial charge >= 0.3 is 0 Å². The van der Waals surface area contributed by atoms with Crippen LogP contribution in [0.4, 0.5) is 14.5 Å². The minimum Gasteiger partial charge on any atom is -0.344 e. The molecule has 0 radical (unpaired) electrons. The van der Waals surface area contributed by atoms with Gasteiger partial charge in [0.15, 0.2) is 0 Å². The highest BCUT2D eigenvalue weighted by Crippen LogP contribution is 2.31. The minimum atomic E-state index is -0.846. The maximum atomic E-state index is 15.1. The zero-order valence-corrected chi connectivity index (χ0v) is 22.8. The van der Waals surface area contributed by atoms with Crippen LogP contribution < -0.4 is 16.4 Å². The van der Waals surface area contributed by atoms with Crippen LogP contribution in [0.15, 0.2) is 30.1 Å². The normalized spacial score (nSPS) is 22.8. The number of amides is 3. The molecule has 1 saturated heterocycles. The van der Waals surface area contributed by atoms with Crippen molar-refractivity contribution < 1.29 is 23.2 Å². The predicted molar refractivity (Wildman–Crippen MR) is 143 cm³/mol. The second-order valence-corrected chi connectivity index (χ2v) is 10.7. The first-order chi connectivity index (χ1) is 18.0. The van der Waals surface area contributed by atoms with Crippen molar-refractivity contribution >= 4 is 23.4 Å². The maximum Gasteiger partial charge on any atom is 0.245 e. The standard InChI is InChI=1S/C28H41F2N5O3/c1-5-24(36)33-26(28(38)35-13-12-34(4)17(2)16-35)18(3)21-10-11-23(22(30)14-21)32-27(37)25(31)20-8-6-19(15-29)7-9-20/h10-11,14-15,17-18,20,25-26H,5-9,12-13,16,31H2,1-4H3,(H,32,37)(H,33,36)/t17-,18-,20?,25-,26+/m0/s1. The van der Waals surface area contributed by atoms with Gasteiger partial charge in [-0.2, -0.15) is 0 Å². The third-order valence-electron chi connectivity index (χ3n) is 8.09. The molecule has 3 amide bonds. The number of likely N-dealkylation sites (N-methyl/N-ethyl adjacent to an activating group) is 1. The molecule has 2 aliphatic rings. The van der Waals surface area contributed by atoms with Gasteiger partial charge in [0.1, 0.15) is 11.9 Å². The summed E-state index contributed by atoms with van der Waals surface area (Å²) < 4.78 is 27.9. The molecule has 3 rings (SSSR count). The first kappa shape index (κ1) is 29.7. The molecule has 4 N–H and O–H groups in total. The Morgan fingerprint density at radius 1 is 1.21 bits per heavy atom. The Morgan fingerprint density at radius 3 is 2.47 bits per heavy atom. The molecule has 0 unspecified atom stereocenters. The van der Waals surface area contributed by atoms with Gasteiger partial charge in [0.2, 0.25) is 17.7 Å². The molecule has 1 aromatic rings. The monoisotopic (exact) mass is 533 g/mol. The molecule has 2 fully saturated rings. The fraction of sp³-hybridized carbons (Fsp3) is 0.607. The number of nitrogens with two attached hydrogens (primary N) is 1. The molecule has 4 atom stereocenters. The van der Waals surface area contributed by atoms with E-state index in [1.807, 2.05) is 14.0 Å². The lowest BCUT2D eigenvalue weighted by Gasteiger charge is -2.40. The van der Waals surface area contributed by atoms with Crippen LogP contribution in [0.3, 0.4) is 0 Å². The highest BCUT2D eigenvalue weighted by molar-refractivity contribution is 5.95. The highest BCUT2D eigenvalue weighted by atomic mass is 19.1. The Bertz CT molecular complexity index is 1040. The summed E-state index contributed by atoms with van der Waals surface area (Å²) in [5, 5.41) is 5.41. The van der Waals surface area contributed by atoms with E-state index in [2.05, 4.69) is 15.5 Å². The third kappa shape index (κ3) is 7.17. The van der Waals surface area contributed by atoms with Gasteiger partial charge in [0.25, 0.3) is 0 Å². The zero-order valence-electron chi connectivity index (χ0n) is 22.8. The van der Waals surface area contributed by atoms with Crippen molar-refractivity contribution in [1.29, 1.82) is 0 Å². The molecule has 10 heteroatoms. The average molecular weight is 534 g/mol. The summed E-state index contributed by atoms with van der Waals surface area (Å²) in [4.78, 5) is 42.4. The molecule has 1 heterocycles. The Kier molecular flexibility index (Phi) is 10.4. The van der Waals surface area contributed by atoms with Gasteiger partial charge in [-0.3, -0.25) is 14.4 Å². The number of nitrogens with one attached hydrogen (secondary N) is 2. The molecule has 1 aromatic carbocycles. The SMILES string of the molecule is CCC(=O)N[C@@H](C(=O)N1CCN(C)[C@@H](C)C1)[C@@H](C)c1ccc(NC(=O)[C@@H](N)C2CCC(=CF)CC2)c(F)c1. The van der Waals surface area contributed by atoms with Crippen LogP contribution in [0.2, 0.25) is 0 Å². The van der Waals surface area contributed by atoms with E-state index in [-0.39, 0.29) is 35.9 Å². The number of carbonyl (C=O) groups is 3. The number of carbonyl (C=O) groups excluding carboxylic acids is 3. The second kappa shape index (κ2) is 13.3. The van der Waals surface area contributed by atoms with Crippen molar-refractivity contribution in [1.82, 2.24) is 15.1 Å². The molecule has 0 bridgehead atoms. The lowest BCUT2D eigenvalue weighted by molar-refractivity contribution is -0.139. The molecular formula is C28H41F2N5O3. The van der Waals surface area contributed by atoms with Crippen LogP contribution in [-0.4, -0.2) is 72.3 Å². The molecule has 0 spiro atoms. The summed E-state index contributed by atoms with van der Waals surface area (Å²) in [6.45, 7) is 7.37. The maximum absolute atomic E-state index is 15.1. The van der Waals surface area contributed by atoms with Gasteiger partial charge in [-0.25, -0.2) is 8.78 Å². The lowest BCUT2D eigenvalue weighted by Crippen LogP contribution is -2.58. The van der Waals surface area contributed by atoms with Crippen molar-refractivity contribution in [2.45, 2.75) is 76.9 Å². The molecule has 8 nitrogen and oxygen atoms in total. The Hall–Kier alpha value is -2.85. The largest absolute Gasteiger partial charge is 0.344 e. The Labute approximate surface area is 224 Å². The number of anilines is 1. The van der Waals surface area contributed by atoms with Crippen molar-refractivity contribution in [2.75, 3.05) is 32.0 Å². The number of rotatable bonds is 8. The van der Waals surface area contributed by atoms with E-state index in [4.69, 9.17) is 5.73 Å². The number of halogens is 2. The summed E-state index contributed by atoms with van der Waals surface area (Å²) in [7, 11) is 2.01. The van der Waals surface area contributed by atoms with E-state index in [1.165, 1.54) is 12.1 Å². The fourth-order valence-corrected chi connectivity index (χ4v) is 5.14. The van der Waals surface area contributed by atoms with Crippen LogP contribution >= 0.6 is 0 Å². The zero-order chi connectivity index (χ0) is 28.0. The van der Waals surface area contributed by atoms with E-state index >= 15 is 4.39 Å². The van der Waals surface area contributed by atoms with E-state index in [0.29, 0.717) is 50.7 Å². The van der Waals surface area contributed by atoms with Crippen molar-refractivity contribution in [3.8, 4) is 0 Å². The second-order valence-electron chi connectivity index (χ2n) is 10.7. The van der Waals surface area contributed by atoms with Gasteiger partial charge in [-0.1, -0.05) is 19.9 Å². The summed E-state index contributed by atoms with van der Waals surface area (Å²) in [5.41, 5.74) is 7.39. The number of nitrogens with zero attached hydrogens (tertiary/aromatic N) is 2. The molecule has 1 aliphatic carbocycles. The molecule has 1 aliphatic heterocycles. The van der Waals surface area contributed by atoms with Gasteiger partial charge < -0.3 is 26.2 Å². The van der Waals surface area contributed by atoms with Gasteiger partial charge in [0, 0.05) is 38.0 Å². The summed E-state index contributed by atoms with van der Waals surface area (Å²) in [5.74, 6) is -2.20. The van der Waals surface area contributed by atoms with Gasteiger partial charge in [0.05, 0.1) is 18.1 Å². The summed E-state index contributed by atoms with van der Waals surface area (Å²) in [6, 6.07) is 2.91. The van der Waals surface area contributed by atoms with Crippen LogP contribution in [0, 0.1) is 11.7 Å². The van der Waals surface area contributed by atoms with Crippen molar-refractivity contribution in [2.24, 2.45) is 11.7 Å². The highest BCUT2D eigenvalue weighted by Gasteiger charge is 2.34. The van der Waals surface area contributed by atoms with Gasteiger partial charge in [-0.15, -0.1) is 0 Å². The lowest BCUT2D eigenvalue weighted by atomic mass is 9.82. The number of piperazine rings is 1. The van der Waals surface area contributed by atoms with E-state index in [0.717, 1.165) is 12.1 Å². The number of hydrogen-bond donors (Lipinski definition) is 3. The van der Waals surface area contributed by atoms with Crippen molar-refractivity contribution in [3.05, 3.63) is 41.5 Å². The topological polar surface area (TPSA) is 108 Å². The third-order valence-corrected chi connectivity index (χ3v) is 8.09. The fourth-order valence-electron chi connectivity index (χ4n) is 5.14. The predicted octanol–water partition coefficient (Wildman–Crippen LogP) is 3.30.